The Hall–Kier alpha value is -2.97. The molecule has 0 aliphatic heterocycles. The average molecular weight is 811 g/mol. The molecule has 0 bridgehead atoms. The van der Waals surface area contributed by atoms with Gasteiger partial charge in [-0.15, -0.1) is 0 Å². The molecule has 0 aromatic heterocycles. The van der Waals surface area contributed by atoms with E-state index in [2.05, 4.69) is 111 Å². The third-order valence-corrected chi connectivity index (χ3v) is 19.8. The van der Waals surface area contributed by atoms with Gasteiger partial charge in [-0.2, -0.15) is 0 Å². The van der Waals surface area contributed by atoms with Gasteiger partial charge in [0.15, 0.2) is 0 Å². The zero-order valence-electron chi connectivity index (χ0n) is 31.5. The Morgan fingerprint density at radius 1 is 0.654 bits per heavy atom. The summed E-state index contributed by atoms with van der Waals surface area (Å²) < 4.78 is 32.2. The van der Waals surface area contributed by atoms with Crippen LogP contribution in [-0.2, 0) is 32.1 Å². The Kier molecular flexibility index (Phi) is 9.99. The number of rotatable bonds is 4. The maximum atomic E-state index is 14.6. The average Bonchev–Trinajstić information content (AvgIpc) is 3.77. The first-order valence-corrected chi connectivity index (χ1v) is 21.9. The Labute approximate surface area is 328 Å². The van der Waals surface area contributed by atoms with Crippen molar-refractivity contribution >= 4 is 14.4 Å². The van der Waals surface area contributed by atoms with Gasteiger partial charge in [0.2, 0.25) is 0 Å². The second-order valence-electron chi connectivity index (χ2n) is 17.1. The van der Waals surface area contributed by atoms with Crippen LogP contribution in [0.15, 0.2) is 106 Å². The molecular formula is C47H46Cl2F2Zr. The molecule has 0 nitrogen and oxygen atoms in total. The van der Waals surface area contributed by atoms with E-state index in [-0.39, 0.29) is 56.3 Å². The summed E-state index contributed by atoms with van der Waals surface area (Å²) in [5, 5.41) is 0. The van der Waals surface area contributed by atoms with Crippen LogP contribution in [0.2, 0.25) is 0 Å². The van der Waals surface area contributed by atoms with Crippen molar-refractivity contribution in [3.05, 3.63) is 162 Å². The van der Waals surface area contributed by atoms with Crippen LogP contribution in [0.25, 0.3) is 22.3 Å². The quantitative estimate of drug-likeness (QED) is 0.219. The van der Waals surface area contributed by atoms with Crippen LogP contribution in [0.3, 0.4) is 0 Å². The zero-order valence-corrected chi connectivity index (χ0v) is 35.5. The maximum absolute atomic E-state index is 14.6. The molecule has 266 valence electrons. The molecule has 52 heavy (non-hydrogen) atoms. The molecular weight excluding hydrogens is 765 g/mol. The van der Waals surface area contributed by atoms with Crippen LogP contribution < -0.4 is 24.8 Å². The van der Waals surface area contributed by atoms with E-state index < -0.39 is 21.3 Å². The number of benzene rings is 4. The Morgan fingerprint density at radius 2 is 1.08 bits per heavy atom. The minimum absolute atomic E-state index is 0. The van der Waals surface area contributed by atoms with Crippen molar-refractivity contribution in [2.24, 2.45) is 5.41 Å². The minimum atomic E-state index is -3.15. The normalized spacial score (nSPS) is 17.3. The van der Waals surface area contributed by atoms with E-state index in [4.69, 9.17) is 0 Å². The van der Waals surface area contributed by atoms with Gasteiger partial charge in [-0.25, -0.2) is 0 Å². The van der Waals surface area contributed by atoms with E-state index >= 15 is 0 Å². The van der Waals surface area contributed by atoms with Gasteiger partial charge in [0.25, 0.3) is 0 Å². The van der Waals surface area contributed by atoms with Gasteiger partial charge in [0.1, 0.15) is 0 Å². The van der Waals surface area contributed by atoms with Crippen LogP contribution in [0.1, 0.15) is 117 Å². The second-order valence-corrected chi connectivity index (χ2v) is 23.3. The molecule has 0 fully saturated rings. The Balaban J connectivity index is 0.00000232. The van der Waals surface area contributed by atoms with Crippen molar-refractivity contribution in [3.8, 4) is 11.1 Å². The van der Waals surface area contributed by atoms with E-state index in [1.807, 2.05) is 24.3 Å². The monoisotopic (exact) mass is 808 g/mol. The SMILES string of the molecule is CC1=CC(C)(C)c2cc3c(cc21)-c1cc2c(cc1[CH]3[Zr+2]([C]1=CC(C(C)(C)C)=CC1)=[C](c1ccc(F)cc1)c1ccc(F)cc1)C(C)(C)C=C2C.[Cl-].[Cl-]. The summed E-state index contributed by atoms with van der Waals surface area (Å²) in [6.45, 7) is 20.8. The minimum Gasteiger partial charge on any atom is -1.00 e. The molecule has 0 saturated carbocycles. The molecule has 0 N–H and O–H groups in total. The van der Waals surface area contributed by atoms with Crippen LogP contribution >= 0.6 is 0 Å². The Bertz CT molecular complexity index is 2160. The maximum Gasteiger partial charge on any atom is -1.00 e. The van der Waals surface area contributed by atoms with Crippen LogP contribution in [-0.4, -0.2) is 3.21 Å². The summed E-state index contributed by atoms with van der Waals surface area (Å²) in [5.41, 5.74) is 17.2. The molecule has 0 unspecified atom stereocenters. The first-order valence-electron chi connectivity index (χ1n) is 18.0. The summed E-state index contributed by atoms with van der Waals surface area (Å²) in [7, 11) is 0. The predicted octanol–water partition coefficient (Wildman–Crippen LogP) is 6.58. The third-order valence-electron chi connectivity index (χ3n) is 11.6. The molecule has 4 aliphatic carbocycles. The van der Waals surface area contributed by atoms with Gasteiger partial charge in [-0.1, -0.05) is 0 Å². The number of fused-ring (bicyclic) bond motifs is 5. The van der Waals surface area contributed by atoms with Crippen molar-refractivity contribution in [2.75, 3.05) is 0 Å². The molecule has 5 heteroatoms. The van der Waals surface area contributed by atoms with Crippen LogP contribution in [0.5, 0.6) is 0 Å². The standard InChI is InChI=1S/C25H25.C13H8F2.C9H13.2ClH.Zr/c1-14-12-24(3,4)22-8-16-7-17-9-23-19(15(2)13-25(23,5)6)11-21(17)20(16)10-18(14)22;14-12-5-1-10(2-6-12)9-11-3-7-13(15)8-4-11;1-9(2,3)8-6-4-5-7-8;;;/h7-13H,1-6H3;1-8H;6-7H,4H2,1-3H3;2*1H;/q;;;;;+2/p-2. The molecule has 8 rings (SSSR count). The molecule has 0 radical (unpaired) electrons. The van der Waals surface area contributed by atoms with Gasteiger partial charge in [0.05, 0.1) is 0 Å². The van der Waals surface area contributed by atoms with Crippen LogP contribution in [0.4, 0.5) is 8.78 Å². The van der Waals surface area contributed by atoms with E-state index in [1.165, 1.54) is 67.7 Å². The van der Waals surface area contributed by atoms with E-state index in [0.717, 1.165) is 17.5 Å². The largest absolute Gasteiger partial charge is 1.00 e. The smallest absolute Gasteiger partial charge is 1.00 e. The summed E-state index contributed by atoms with van der Waals surface area (Å²) in [5.74, 6) is -0.487. The molecule has 0 heterocycles. The molecule has 4 aromatic carbocycles. The van der Waals surface area contributed by atoms with Crippen molar-refractivity contribution in [1.29, 1.82) is 0 Å². The molecule has 0 atom stereocenters. The van der Waals surface area contributed by atoms with Gasteiger partial charge in [-0.05, 0) is 0 Å². The van der Waals surface area contributed by atoms with E-state index in [1.54, 1.807) is 24.3 Å². The van der Waals surface area contributed by atoms with Gasteiger partial charge < -0.3 is 24.8 Å². The van der Waals surface area contributed by atoms with Crippen molar-refractivity contribution in [3.63, 3.8) is 0 Å². The summed E-state index contributed by atoms with van der Waals surface area (Å²) >= 11 is -3.15. The van der Waals surface area contributed by atoms with Crippen molar-refractivity contribution in [1.82, 2.24) is 0 Å². The first kappa shape index (κ1) is 38.7. The van der Waals surface area contributed by atoms with Gasteiger partial charge in [-0.3, -0.25) is 0 Å². The fourth-order valence-electron chi connectivity index (χ4n) is 9.20. The zero-order chi connectivity index (χ0) is 35.5. The van der Waals surface area contributed by atoms with Gasteiger partial charge >= 0.3 is 306 Å². The number of hydrogen-bond donors (Lipinski definition) is 0. The van der Waals surface area contributed by atoms with Crippen molar-refractivity contribution in [2.45, 2.75) is 83.2 Å². The fourth-order valence-corrected chi connectivity index (χ4v) is 18.2. The molecule has 4 aliphatic rings. The molecule has 0 saturated heterocycles. The second kappa shape index (κ2) is 13.4. The Morgan fingerprint density at radius 3 is 1.46 bits per heavy atom. The molecule has 4 aromatic rings. The topological polar surface area (TPSA) is 0 Å². The number of halogens is 4. The molecule has 0 amide bonds. The molecule has 0 spiro atoms. The van der Waals surface area contributed by atoms with Gasteiger partial charge in [0, 0.05) is 0 Å². The number of hydrogen-bond acceptors (Lipinski definition) is 0. The first-order chi connectivity index (χ1) is 23.5. The summed E-state index contributed by atoms with van der Waals surface area (Å²) in [4.78, 5) is 0. The van der Waals surface area contributed by atoms with Crippen LogP contribution in [0, 0.1) is 17.0 Å². The van der Waals surface area contributed by atoms with E-state index in [9.17, 15) is 8.78 Å². The summed E-state index contributed by atoms with van der Waals surface area (Å²) in [6, 6.07) is 24.3. The van der Waals surface area contributed by atoms with Crippen molar-refractivity contribution < 1.29 is 54.9 Å². The predicted molar refractivity (Wildman–Crippen MR) is 203 cm³/mol. The summed E-state index contributed by atoms with van der Waals surface area (Å²) in [6.07, 6.45) is 10.7. The number of allylic oxidation sites excluding steroid dienone is 8. The fraction of sp³-hybridized carbons (Fsp3) is 0.298. The third kappa shape index (κ3) is 6.27. The van der Waals surface area contributed by atoms with E-state index in [0.29, 0.717) is 0 Å².